The highest BCUT2D eigenvalue weighted by Crippen LogP contribution is 2.33. The average molecular weight is 613 g/mol. The molecule has 3 aromatic rings. The molecule has 1 aliphatic carbocycles. The normalized spacial score (nSPS) is 19.7. The molecule has 9 nitrogen and oxygen atoms in total. The molecule has 3 heterocycles. The zero-order chi connectivity index (χ0) is 31.5. The fraction of sp³-hybridized carbons (Fsp3) is 0.429. The number of piperazine rings is 1. The lowest BCUT2D eigenvalue weighted by molar-refractivity contribution is -0.137. The summed E-state index contributed by atoms with van der Waals surface area (Å²) in [6, 6.07) is 12.9. The SMILES string of the molecule is C[C@H](NC(=O)C1CCCN1C(=O)CNC(=O)c1ccc2cc(F)ccc2n1)c1ccc(N2CCN(C)CC2)cc1/C=C/C1CC1. The number of hydrogen-bond acceptors (Lipinski definition) is 6. The van der Waals surface area contributed by atoms with Gasteiger partial charge in [-0.1, -0.05) is 24.3 Å². The van der Waals surface area contributed by atoms with Crippen LogP contribution in [0.15, 0.2) is 54.6 Å². The van der Waals surface area contributed by atoms with Crippen molar-refractivity contribution in [2.75, 3.05) is 51.2 Å². The first kappa shape index (κ1) is 30.7. The molecule has 2 atom stereocenters. The van der Waals surface area contributed by atoms with Crippen molar-refractivity contribution in [2.24, 2.45) is 5.92 Å². The number of hydrogen-bond donors (Lipinski definition) is 2. The molecule has 1 aromatic heterocycles. The van der Waals surface area contributed by atoms with Crippen LogP contribution < -0.4 is 15.5 Å². The number of likely N-dealkylation sites (tertiary alicyclic amines) is 1. The van der Waals surface area contributed by atoms with E-state index in [1.165, 1.54) is 42.8 Å². The van der Waals surface area contributed by atoms with Gasteiger partial charge in [0.25, 0.3) is 5.91 Å². The molecule has 3 amide bonds. The standard InChI is InChI=1S/C35H41FN6O3/c1-23(29-12-11-28(41-18-16-40(2)17-19-41)21-25(29)8-7-24-5-6-24)38-35(45)32-4-3-15-42(32)33(43)22-37-34(44)31-13-9-26-20-27(36)10-14-30(26)39-31/h7-14,20-21,23-24,32H,3-6,15-19,22H2,1-2H3,(H,37,44)(H,38,45)/b8-7+/t23-,32?/m0/s1. The van der Waals surface area contributed by atoms with E-state index < -0.39 is 11.9 Å². The van der Waals surface area contributed by atoms with Crippen LogP contribution in [0.25, 0.3) is 17.0 Å². The number of carbonyl (C=O) groups is 3. The van der Waals surface area contributed by atoms with Gasteiger partial charge in [-0.05, 0) is 93.1 Å². The minimum Gasteiger partial charge on any atom is -0.369 e. The van der Waals surface area contributed by atoms with E-state index in [1.54, 1.807) is 11.0 Å². The van der Waals surface area contributed by atoms with Crippen LogP contribution in [-0.4, -0.2) is 84.9 Å². The Morgan fingerprint density at radius 1 is 1.00 bits per heavy atom. The number of benzene rings is 2. The highest BCUT2D eigenvalue weighted by atomic mass is 19.1. The topological polar surface area (TPSA) is 97.9 Å². The lowest BCUT2D eigenvalue weighted by Gasteiger charge is -2.34. The van der Waals surface area contributed by atoms with E-state index in [1.807, 2.05) is 6.92 Å². The quantitative estimate of drug-likeness (QED) is 0.377. The number of halogens is 1. The Morgan fingerprint density at radius 3 is 2.58 bits per heavy atom. The second-order valence-corrected chi connectivity index (χ2v) is 12.5. The summed E-state index contributed by atoms with van der Waals surface area (Å²) < 4.78 is 13.5. The number of amides is 3. The van der Waals surface area contributed by atoms with Crippen LogP contribution in [-0.2, 0) is 9.59 Å². The van der Waals surface area contributed by atoms with Crippen LogP contribution in [0.3, 0.4) is 0 Å². The van der Waals surface area contributed by atoms with Gasteiger partial charge in [0.2, 0.25) is 11.8 Å². The molecule has 236 valence electrons. The first-order valence-electron chi connectivity index (χ1n) is 15.9. The Kier molecular flexibility index (Phi) is 9.11. The Balaban J connectivity index is 1.08. The highest BCUT2D eigenvalue weighted by molar-refractivity contribution is 5.97. The van der Waals surface area contributed by atoms with Crippen LogP contribution in [0, 0.1) is 11.7 Å². The fourth-order valence-corrected chi connectivity index (χ4v) is 6.19. The molecule has 45 heavy (non-hydrogen) atoms. The maximum absolute atomic E-state index is 13.5. The number of pyridine rings is 1. The summed E-state index contributed by atoms with van der Waals surface area (Å²) in [6.45, 7) is 6.24. The van der Waals surface area contributed by atoms with E-state index in [0.29, 0.717) is 36.2 Å². The van der Waals surface area contributed by atoms with E-state index in [-0.39, 0.29) is 35.9 Å². The van der Waals surface area contributed by atoms with Crippen molar-refractivity contribution in [3.05, 3.63) is 77.2 Å². The van der Waals surface area contributed by atoms with E-state index in [4.69, 9.17) is 0 Å². The van der Waals surface area contributed by atoms with Crippen LogP contribution in [0.4, 0.5) is 10.1 Å². The first-order chi connectivity index (χ1) is 21.7. The maximum Gasteiger partial charge on any atom is 0.270 e. The van der Waals surface area contributed by atoms with Crippen molar-refractivity contribution in [3.8, 4) is 0 Å². The number of fused-ring (bicyclic) bond motifs is 1. The number of nitrogens with one attached hydrogen (secondary N) is 2. The number of rotatable bonds is 9. The van der Waals surface area contributed by atoms with Gasteiger partial charge < -0.3 is 25.3 Å². The maximum atomic E-state index is 13.5. The van der Waals surface area contributed by atoms with Crippen molar-refractivity contribution in [2.45, 2.75) is 44.7 Å². The molecule has 2 N–H and O–H groups in total. The highest BCUT2D eigenvalue weighted by Gasteiger charge is 2.35. The van der Waals surface area contributed by atoms with Gasteiger partial charge in [-0.15, -0.1) is 0 Å². The molecule has 2 saturated heterocycles. The van der Waals surface area contributed by atoms with Crippen LogP contribution in [0.1, 0.15) is 60.3 Å². The van der Waals surface area contributed by atoms with Crippen molar-refractivity contribution in [1.82, 2.24) is 25.4 Å². The van der Waals surface area contributed by atoms with Crippen molar-refractivity contribution < 1.29 is 18.8 Å². The number of nitrogens with zero attached hydrogens (tertiary/aromatic N) is 4. The molecule has 1 saturated carbocycles. The number of likely N-dealkylation sites (N-methyl/N-ethyl adjacent to an activating group) is 1. The fourth-order valence-electron chi connectivity index (χ4n) is 6.19. The molecule has 3 fully saturated rings. The summed E-state index contributed by atoms with van der Waals surface area (Å²) in [5.74, 6) is -0.759. The van der Waals surface area contributed by atoms with E-state index in [9.17, 15) is 18.8 Å². The molecule has 3 aliphatic rings. The van der Waals surface area contributed by atoms with Gasteiger partial charge in [-0.2, -0.15) is 0 Å². The van der Waals surface area contributed by atoms with Gasteiger partial charge in [0, 0.05) is 43.8 Å². The minimum absolute atomic E-state index is 0.136. The third-order valence-corrected chi connectivity index (χ3v) is 9.09. The van der Waals surface area contributed by atoms with Crippen molar-refractivity contribution in [3.63, 3.8) is 0 Å². The number of anilines is 1. The second kappa shape index (κ2) is 13.4. The number of carbonyl (C=O) groups excluding carboxylic acids is 3. The molecule has 0 radical (unpaired) electrons. The molecule has 6 rings (SSSR count). The summed E-state index contributed by atoms with van der Waals surface area (Å²) in [5, 5.41) is 6.39. The minimum atomic E-state index is -0.597. The predicted molar refractivity (Wildman–Crippen MR) is 173 cm³/mol. The Hall–Kier alpha value is -4.31. The smallest absolute Gasteiger partial charge is 0.270 e. The predicted octanol–water partition coefficient (Wildman–Crippen LogP) is 4.15. The largest absolute Gasteiger partial charge is 0.369 e. The Bertz CT molecular complexity index is 1610. The summed E-state index contributed by atoms with van der Waals surface area (Å²) in [7, 11) is 2.15. The lowest BCUT2D eigenvalue weighted by atomic mass is 9.98. The van der Waals surface area contributed by atoms with Gasteiger partial charge in [0.05, 0.1) is 18.1 Å². The average Bonchev–Trinajstić information content (AvgIpc) is 3.74. The monoisotopic (exact) mass is 612 g/mol. The van der Waals surface area contributed by atoms with Crippen LogP contribution in [0.5, 0.6) is 0 Å². The van der Waals surface area contributed by atoms with Crippen LogP contribution >= 0.6 is 0 Å². The van der Waals surface area contributed by atoms with Gasteiger partial charge in [-0.3, -0.25) is 14.4 Å². The third kappa shape index (κ3) is 7.33. The number of allylic oxidation sites excluding steroid dienone is 1. The third-order valence-electron chi connectivity index (χ3n) is 9.09. The van der Waals surface area contributed by atoms with Gasteiger partial charge in [-0.25, -0.2) is 9.37 Å². The molecule has 2 aliphatic heterocycles. The zero-order valence-electron chi connectivity index (χ0n) is 26.0. The van der Waals surface area contributed by atoms with Crippen molar-refractivity contribution in [1.29, 1.82) is 0 Å². The second-order valence-electron chi connectivity index (χ2n) is 12.5. The number of aromatic nitrogens is 1. The molecule has 2 aromatic carbocycles. The zero-order valence-corrected chi connectivity index (χ0v) is 26.0. The first-order valence-corrected chi connectivity index (χ1v) is 15.9. The molecule has 1 unspecified atom stereocenters. The lowest BCUT2D eigenvalue weighted by Crippen LogP contribution is -2.49. The van der Waals surface area contributed by atoms with Gasteiger partial charge >= 0.3 is 0 Å². The summed E-state index contributed by atoms with van der Waals surface area (Å²) in [5.41, 5.74) is 3.98. The Morgan fingerprint density at radius 2 is 1.80 bits per heavy atom. The summed E-state index contributed by atoms with van der Waals surface area (Å²) >= 11 is 0. The van der Waals surface area contributed by atoms with Gasteiger partial charge in [0.1, 0.15) is 17.6 Å². The summed E-state index contributed by atoms with van der Waals surface area (Å²) in [4.78, 5) is 50.1. The Labute approximate surface area is 263 Å². The van der Waals surface area contributed by atoms with Gasteiger partial charge in [0.15, 0.2) is 0 Å². The van der Waals surface area contributed by atoms with E-state index in [2.05, 4.69) is 62.8 Å². The molecule has 0 spiro atoms. The van der Waals surface area contributed by atoms with E-state index >= 15 is 0 Å². The molecule has 10 heteroatoms. The van der Waals surface area contributed by atoms with E-state index in [0.717, 1.165) is 37.3 Å². The molecule has 0 bridgehead atoms. The molecular formula is C35H41FN6O3. The van der Waals surface area contributed by atoms with Crippen LogP contribution in [0.2, 0.25) is 0 Å². The summed E-state index contributed by atoms with van der Waals surface area (Å²) in [6.07, 6.45) is 8.21. The van der Waals surface area contributed by atoms with Crippen molar-refractivity contribution >= 4 is 40.4 Å². The molecular weight excluding hydrogens is 571 g/mol.